The van der Waals surface area contributed by atoms with Gasteiger partial charge in [-0.05, 0) is 31.9 Å². The normalized spacial score (nSPS) is 19.2. The van der Waals surface area contributed by atoms with Gasteiger partial charge in [0, 0.05) is 36.9 Å². The lowest BCUT2D eigenvalue weighted by molar-refractivity contribution is -0.148. The zero-order valence-corrected chi connectivity index (χ0v) is 17.8. The summed E-state index contributed by atoms with van der Waals surface area (Å²) >= 11 is 1.26. The summed E-state index contributed by atoms with van der Waals surface area (Å²) in [6.07, 6.45) is 4.16. The molecule has 0 radical (unpaired) electrons. The Labute approximate surface area is 183 Å². The van der Waals surface area contributed by atoms with Crippen molar-refractivity contribution in [2.45, 2.75) is 31.8 Å². The van der Waals surface area contributed by atoms with Crippen molar-refractivity contribution in [1.29, 1.82) is 5.26 Å². The van der Waals surface area contributed by atoms with Gasteiger partial charge >= 0.3 is 12.1 Å². The number of hydrogen-bond donors (Lipinski definition) is 0. The molecule has 0 bridgehead atoms. The third-order valence-electron chi connectivity index (χ3n) is 5.56. The molecule has 10 heteroatoms. The molecule has 4 rings (SSSR count). The monoisotopic (exact) mass is 442 g/mol. The highest BCUT2D eigenvalue weighted by Crippen LogP contribution is 2.30. The third kappa shape index (κ3) is 3.88. The molecular formula is C21H22N4O5S. The van der Waals surface area contributed by atoms with Crippen molar-refractivity contribution in [3.05, 3.63) is 40.3 Å². The van der Waals surface area contributed by atoms with E-state index < -0.39 is 18.1 Å². The molecule has 9 nitrogen and oxygen atoms in total. The summed E-state index contributed by atoms with van der Waals surface area (Å²) in [6.45, 7) is 2.82. The van der Waals surface area contributed by atoms with Crippen molar-refractivity contribution in [3.63, 3.8) is 0 Å². The minimum atomic E-state index is -0.740. The van der Waals surface area contributed by atoms with Crippen molar-refractivity contribution in [2.75, 3.05) is 26.3 Å². The second-order valence-corrected chi connectivity index (χ2v) is 8.18. The zero-order chi connectivity index (χ0) is 22.0. The number of amides is 2. The van der Waals surface area contributed by atoms with Crippen LogP contribution in [0.5, 0.6) is 0 Å². The van der Waals surface area contributed by atoms with Crippen LogP contribution in [0.15, 0.2) is 29.9 Å². The predicted molar refractivity (Wildman–Crippen MR) is 111 cm³/mol. The van der Waals surface area contributed by atoms with Crippen molar-refractivity contribution < 1.29 is 23.9 Å². The molecule has 2 aliphatic rings. The van der Waals surface area contributed by atoms with Gasteiger partial charge in [-0.25, -0.2) is 9.59 Å². The maximum Gasteiger partial charge on any atom is 0.410 e. The van der Waals surface area contributed by atoms with Crippen LogP contribution in [-0.4, -0.2) is 70.7 Å². The molecule has 4 heterocycles. The van der Waals surface area contributed by atoms with Gasteiger partial charge in [0.25, 0.3) is 5.91 Å². The van der Waals surface area contributed by atoms with E-state index in [0.29, 0.717) is 42.1 Å². The second-order valence-electron chi connectivity index (χ2n) is 7.30. The Morgan fingerprint density at radius 1 is 1.29 bits per heavy atom. The van der Waals surface area contributed by atoms with Gasteiger partial charge in [0.05, 0.1) is 17.9 Å². The number of carbonyl (C=O) groups is 3. The minimum Gasteiger partial charge on any atom is -0.464 e. The van der Waals surface area contributed by atoms with Crippen LogP contribution in [0.2, 0.25) is 0 Å². The smallest absolute Gasteiger partial charge is 0.410 e. The van der Waals surface area contributed by atoms with Crippen molar-refractivity contribution in [1.82, 2.24) is 14.4 Å². The summed E-state index contributed by atoms with van der Waals surface area (Å²) in [6, 6.07) is 4.90. The lowest BCUT2D eigenvalue weighted by Crippen LogP contribution is -2.52. The van der Waals surface area contributed by atoms with E-state index in [4.69, 9.17) is 9.47 Å². The van der Waals surface area contributed by atoms with E-state index in [9.17, 15) is 19.6 Å². The van der Waals surface area contributed by atoms with Crippen molar-refractivity contribution in [2.24, 2.45) is 0 Å². The Kier molecular flexibility index (Phi) is 5.95. The van der Waals surface area contributed by atoms with Crippen LogP contribution in [0.4, 0.5) is 4.79 Å². The summed E-state index contributed by atoms with van der Waals surface area (Å²) in [5.41, 5.74) is 1.05. The SMILES string of the molecule is CCOC(=O)C1COC(=O)N1C1CCN(C(=O)c2scc(C#N)c2-n2cccc2)CC1. The van der Waals surface area contributed by atoms with Crippen LogP contribution in [-0.2, 0) is 14.3 Å². The van der Waals surface area contributed by atoms with E-state index in [2.05, 4.69) is 6.07 Å². The molecule has 31 heavy (non-hydrogen) atoms. The number of hydrogen-bond acceptors (Lipinski definition) is 7. The molecule has 0 saturated carbocycles. The van der Waals surface area contributed by atoms with E-state index in [1.165, 1.54) is 16.2 Å². The fourth-order valence-electron chi connectivity index (χ4n) is 4.07. The first-order valence-corrected chi connectivity index (χ1v) is 11.0. The number of carbonyl (C=O) groups excluding carboxylic acids is 3. The Morgan fingerprint density at radius 2 is 2.00 bits per heavy atom. The maximum atomic E-state index is 13.2. The predicted octanol–water partition coefficient (Wildman–Crippen LogP) is 2.40. The minimum absolute atomic E-state index is 0.0107. The summed E-state index contributed by atoms with van der Waals surface area (Å²) in [5.74, 6) is -0.606. The van der Waals surface area contributed by atoms with Crippen LogP contribution in [0, 0.1) is 11.3 Å². The fourth-order valence-corrected chi connectivity index (χ4v) is 5.03. The molecule has 162 valence electrons. The average Bonchev–Trinajstić information content (AvgIpc) is 3.52. The quantitative estimate of drug-likeness (QED) is 0.659. The largest absolute Gasteiger partial charge is 0.464 e. The van der Waals surface area contributed by atoms with Crippen molar-refractivity contribution in [3.8, 4) is 11.8 Å². The molecule has 0 N–H and O–H groups in total. The van der Waals surface area contributed by atoms with Crippen LogP contribution in [0.1, 0.15) is 35.0 Å². The van der Waals surface area contributed by atoms with Gasteiger partial charge in [-0.1, -0.05) is 0 Å². The Hall–Kier alpha value is -3.32. The Bertz CT molecular complexity index is 1020. The molecule has 2 fully saturated rings. The van der Waals surface area contributed by atoms with Crippen LogP contribution in [0.3, 0.4) is 0 Å². The summed E-state index contributed by atoms with van der Waals surface area (Å²) in [4.78, 5) is 41.4. The Morgan fingerprint density at radius 3 is 2.65 bits per heavy atom. The number of piperidine rings is 1. The van der Waals surface area contributed by atoms with Gasteiger partial charge in [-0.2, -0.15) is 5.26 Å². The highest BCUT2D eigenvalue weighted by Gasteiger charge is 2.44. The molecule has 2 amide bonds. The van der Waals surface area contributed by atoms with E-state index >= 15 is 0 Å². The topological polar surface area (TPSA) is 105 Å². The summed E-state index contributed by atoms with van der Waals surface area (Å²) in [5, 5.41) is 11.1. The number of likely N-dealkylation sites (tertiary alicyclic amines) is 1. The molecule has 2 aromatic heterocycles. The molecule has 1 atom stereocenters. The molecule has 0 spiro atoms. The van der Waals surface area contributed by atoms with Crippen LogP contribution in [0.25, 0.3) is 5.69 Å². The van der Waals surface area contributed by atoms with Gasteiger partial charge in [0.2, 0.25) is 0 Å². The van der Waals surface area contributed by atoms with Gasteiger partial charge < -0.3 is 18.9 Å². The molecule has 1 unspecified atom stereocenters. The van der Waals surface area contributed by atoms with E-state index in [-0.39, 0.29) is 25.2 Å². The highest BCUT2D eigenvalue weighted by atomic mass is 32.1. The van der Waals surface area contributed by atoms with Gasteiger partial charge in [-0.15, -0.1) is 11.3 Å². The van der Waals surface area contributed by atoms with Crippen molar-refractivity contribution >= 4 is 29.3 Å². The van der Waals surface area contributed by atoms with Gasteiger partial charge in [-0.3, -0.25) is 9.69 Å². The number of esters is 1. The van der Waals surface area contributed by atoms with E-state index in [0.717, 1.165) is 0 Å². The van der Waals surface area contributed by atoms with Crippen LogP contribution < -0.4 is 0 Å². The Balaban J connectivity index is 1.47. The van der Waals surface area contributed by atoms with E-state index in [1.54, 1.807) is 34.2 Å². The van der Waals surface area contributed by atoms with E-state index in [1.807, 2.05) is 12.1 Å². The summed E-state index contributed by atoms with van der Waals surface area (Å²) in [7, 11) is 0. The first-order valence-electron chi connectivity index (χ1n) is 10.1. The molecule has 2 aromatic rings. The standard InChI is InChI=1S/C21H22N4O5S/c1-2-29-20(27)16-12-30-21(28)25(16)15-5-9-24(10-6-15)19(26)18-17(14(11-22)13-31-18)23-7-3-4-8-23/h3-4,7-8,13,15-16H,2,5-6,9-10,12H2,1H3. The number of thiophene rings is 1. The number of rotatable bonds is 5. The highest BCUT2D eigenvalue weighted by molar-refractivity contribution is 7.12. The number of nitriles is 1. The number of ether oxygens (including phenoxy) is 2. The molecule has 2 aliphatic heterocycles. The molecule has 0 aromatic carbocycles. The number of cyclic esters (lactones) is 1. The molecule has 0 aliphatic carbocycles. The first-order chi connectivity index (χ1) is 15.0. The first kappa shape index (κ1) is 20.9. The molecular weight excluding hydrogens is 420 g/mol. The second kappa shape index (κ2) is 8.81. The number of aromatic nitrogens is 1. The number of nitrogens with zero attached hydrogens (tertiary/aromatic N) is 4. The lowest BCUT2D eigenvalue weighted by atomic mass is 10.0. The fraction of sp³-hybridized carbons (Fsp3) is 0.429. The molecule has 2 saturated heterocycles. The third-order valence-corrected chi connectivity index (χ3v) is 6.51. The summed E-state index contributed by atoms with van der Waals surface area (Å²) < 4.78 is 11.9. The van der Waals surface area contributed by atoms with Crippen LogP contribution >= 0.6 is 11.3 Å². The zero-order valence-electron chi connectivity index (χ0n) is 17.0. The average molecular weight is 442 g/mol. The van der Waals surface area contributed by atoms with Gasteiger partial charge in [0.15, 0.2) is 6.04 Å². The maximum absolute atomic E-state index is 13.2. The van der Waals surface area contributed by atoms with Gasteiger partial charge in [0.1, 0.15) is 17.6 Å². The lowest BCUT2D eigenvalue weighted by Gasteiger charge is -2.37.